The minimum absolute atomic E-state index is 0.0665. The van der Waals surface area contributed by atoms with Crippen LogP contribution in [-0.4, -0.2) is 47.5 Å². The van der Waals surface area contributed by atoms with Gasteiger partial charge in [-0.3, -0.25) is 9.48 Å². The highest BCUT2D eigenvalue weighted by Crippen LogP contribution is 2.33. The van der Waals surface area contributed by atoms with Gasteiger partial charge < -0.3 is 19.7 Å². The van der Waals surface area contributed by atoms with E-state index in [1.165, 1.54) is 0 Å². The molecule has 0 unspecified atom stereocenters. The zero-order chi connectivity index (χ0) is 17.4. The van der Waals surface area contributed by atoms with E-state index >= 15 is 0 Å². The van der Waals surface area contributed by atoms with Crippen LogP contribution in [0.2, 0.25) is 0 Å². The molecule has 132 valence electrons. The molecule has 2 aliphatic heterocycles. The third-order valence-electron chi connectivity index (χ3n) is 4.92. The van der Waals surface area contributed by atoms with Crippen LogP contribution in [0, 0.1) is 5.92 Å². The van der Waals surface area contributed by atoms with Gasteiger partial charge in [0.2, 0.25) is 12.7 Å². The van der Waals surface area contributed by atoms with E-state index in [2.05, 4.69) is 10.4 Å². The maximum absolute atomic E-state index is 13.0. The Hall–Kier alpha value is -2.54. The van der Waals surface area contributed by atoms with Crippen LogP contribution in [-0.2, 0) is 18.4 Å². The first-order chi connectivity index (χ1) is 12.1. The minimum atomic E-state index is -0.0665. The molecule has 1 saturated heterocycles. The average Bonchev–Trinajstić information content (AvgIpc) is 3.33. The van der Waals surface area contributed by atoms with Gasteiger partial charge in [-0.15, -0.1) is 0 Å². The van der Waals surface area contributed by atoms with E-state index in [0.717, 1.165) is 29.2 Å². The largest absolute Gasteiger partial charge is 0.454 e. The molecule has 25 heavy (non-hydrogen) atoms. The van der Waals surface area contributed by atoms with E-state index in [-0.39, 0.29) is 24.5 Å². The second kappa shape index (κ2) is 6.40. The zero-order valence-corrected chi connectivity index (χ0v) is 14.4. The molecule has 0 saturated carbocycles. The Kier molecular flexibility index (Phi) is 4.09. The molecular weight excluding hydrogens is 320 g/mol. The summed E-state index contributed by atoms with van der Waals surface area (Å²) in [6.07, 6.45) is 3.85. The van der Waals surface area contributed by atoms with E-state index in [9.17, 15) is 4.79 Å². The first-order valence-electron chi connectivity index (χ1n) is 8.44. The molecule has 1 N–H and O–H groups in total. The van der Waals surface area contributed by atoms with E-state index in [1.807, 2.05) is 44.7 Å². The number of hydrogen-bond acceptors (Lipinski definition) is 5. The van der Waals surface area contributed by atoms with Crippen molar-refractivity contribution >= 4 is 5.91 Å². The lowest BCUT2D eigenvalue weighted by Crippen LogP contribution is -2.35. The summed E-state index contributed by atoms with van der Waals surface area (Å²) < 4.78 is 12.5. The average molecular weight is 342 g/mol. The molecule has 0 bridgehead atoms. The minimum Gasteiger partial charge on any atom is -0.454 e. The number of amides is 1. The molecule has 3 heterocycles. The van der Waals surface area contributed by atoms with Gasteiger partial charge in [-0.25, -0.2) is 0 Å². The normalized spacial score (nSPS) is 21.5. The molecule has 1 aromatic heterocycles. The molecule has 7 heteroatoms. The molecule has 2 aromatic rings. The molecule has 0 aliphatic carbocycles. The molecule has 4 rings (SSSR count). The molecule has 1 fully saturated rings. The number of carbonyl (C=O) groups is 1. The summed E-state index contributed by atoms with van der Waals surface area (Å²) in [5.41, 5.74) is 2.14. The van der Waals surface area contributed by atoms with E-state index in [4.69, 9.17) is 9.47 Å². The highest BCUT2D eigenvalue weighted by atomic mass is 16.7. The Labute approximate surface area is 146 Å². The van der Waals surface area contributed by atoms with Gasteiger partial charge >= 0.3 is 0 Å². The predicted molar refractivity (Wildman–Crippen MR) is 91.3 cm³/mol. The monoisotopic (exact) mass is 342 g/mol. The summed E-state index contributed by atoms with van der Waals surface area (Å²) in [6, 6.07) is 5.81. The molecule has 0 spiro atoms. The molecule has 1 amide bonds. The number of hydrogen-bond donors (Lipinski definition) is 1. The number of aromatic nitrogens is 2. The van der Waals surface area contributed by atoms with Crippen molar-refractivity contribution in [2.24, 2.45) is 13.0 Å². The van der Waals surface area contributed by atoms with Gasteiger partial charge in [-0.05, 0) is 23.3 Å². The number of rotatable bonds is 4. The van der Waals surface area contributed by atoms with Crippen molar-refractivity contribution in [2.75, 3.05) is 26.9 Å². The first kappa shape index (κ1) is 16.0. The second-order valence-electron chi connectivity index (χ2n) is 6.70. The van der Waals surface area contributed by atoms with Gasteiger partial charge in [-0.1, -0.05) is 6.07 Å². The van der Waals surface area contributed by atoms with Crippen molar-refractivity contribution in [2.45, 2.75) is 12.5 Å². The van der Waals surface area contributed by atoms with Crippen LogP contribution in [0.5, 0.6) is 11.5 Å². The van der Waals surface area contributed by atoms with Crippen molar-refractivity contribution in [1.29, 1.82) is 0 Å². The van der Waals surface area contributed by atoms with Crippen LogP contribution in [0.3, 0.4) is 0 Å². The smallest absolute Gasteiger partial charge is 0.231 e. The van der Waals surface area contributed by atoms with Crippen molar-refractivity contribution < 1.29 is 14.3 Å². The summed E-state index contributed by atoms with van der Waals surface area (Å²) in [5, 5.41) is 7.58. The van der Waals surface area contributed by atoms with Gasteiger partial charge in [-0.2, -0.15) is 5.10 Å². The lowest BCUT2D eigenvalue weighted by molar-refractivity contribution is -0.134. The fourth-order valence-electron chi connectivity index (χ4n) is 3.59. The van der Waals surface area contributed by atoms with Crippen molar-refractivity contribution in [3.8, 4) is 11.5 Å². The summed E-state index contributed by atoms with van der Waals surface area (Å²) in [6.45, 7) is 2.31. The molecule has 1 aromatic carbocycles. The zero-order valence-electron chi connectivity index (χ0n) is 14.4. The van der Waals surface area contributed by atoms with Crippen LogP contribution >= 0.6 is 0 Å². The fourth-order valence-corrected chi connectivity index (χ4v) is 3.59. The van der Waals surface area contributed by atoms with Crippen LogP contribution < -0.4 is 14.8 Å². The van der Waals surface area contributed by atoms with E-state index in [1.54, 1.807) is 9.58 Å². The maximum Gasteiger partial charge on any atom is 0.231 e. The van der Waals surface area contributed by atoms with Crippen LogP contribution in [0.4, 0.5) is 0 Å². The number of nitrogens with one attached hydrogen (secondary N) is 1. The Morgan fingerprint density at radius 2 is 2.20 bits per heavy atom. The summed E-state index contributed by atoms with van der Waals surface area (Å²) in [5.74, 6) is 1.75. The Bertz CT molecular complexity index is 788. The third kappa shape index (κ3) is 3.07. The van der Waals surface area contributed by atoms with Gasteiger partial charge in [0.1, 0.15) is 0 Å². The Morgan fingerprint density at radius 3 is 3.00 bits per heavy atom. The molecule has 2 atom stereocenters. The summed E-state index contributed by atoms with van der Waals surface area (Å²) in [4.78, 5) is 14.8. The number of benzene rings is 1. The number of carbonyl (C=O) groups excluding carboxylic acids is 1. The van der Waals surface area contributed by atoms with Gasteiger partial charge in [0, 0.05) is 45.8 Å². The number of ether oxygens (including phenoxy) is 2. The number of nitrogens with zero attached hydrogens (tertiary/aromatic N) is 3. The predicted octanol–water partition coefficient (Wildman–Crippen LogP) is 1.11. The number of fused-ring (bicyclic) bond motifs is 1. The lowest BCUT2D eigenvalue weighted by Gasteiger charge is -2.24. The quantitative estimate of drug-likeness (QED) is 0.901. The summed E-state index contributed by atoms with van der Waals surface area (Å²) in [7, 11) is 3.75. The van der Waals surface area contributed by atoms with Crippen molar-refractivity contribution in [3.05, 3.63) is 41.7 Å². The SMILES string of the molecule is CN(Cc1ccc2c(c1)OCO2)C(=O)[C@H]1CNC[C@@H]1c1cnn(C)c1. The Balaban J connectivity index is 1.46. The second-order valence-corrected chi connectivity index (χ2v) is 6.70. The van der Waals surface area contributed by atoms with Crippen LogP contribution in [0.25, 0.3) is 0 Å². The van der Waals surface area contributed by atoms with E-state index in [0.29, 0.717) is 13.1 Å². The third-order valence-corrected chi connectivity index (χ3v) is 4.92. The molecule has 7 nitrogen and oxygen atoms in total. The van der Waals surface area contributed by atoms with Crippen LogP contribution in [0.15, 0.2) is 30.6 Å². The van der Waals surface area contributed by atoms with Gasteiger partial charge in [0.05, 0.1) is 12.1 Å². The Morgan fingerprint density at radius 1 is 1.36 bits per heavy atom. The lowest BCUT2D eigenvalue weighted by atomic mass is 9.90. The topological polar surface area (TPSA) is 68.6 Å². The molecule has 0 radical (unpaired) electrons. The number of aryl methyl sites for hydroxylation is 1. The molecular formula is C18H22N4O3. The van der Waals surface area contributed by atoms with Crippen LogP contribution in [0.1, 0.15) is 17.0 Å². The van der Waals surface area contributed by atoms with Gasteiger partial charge in [0.15, 0.2) is 11.5 Å². The first-order valence-corrected chi connectivity index (χ1v) is 8.44. The van der Waals surface area contributed by atoms with Crippen molar-refractivity contribution in [1.82, 2.24) is 20.0 Å². The maximum atomic E-state index is 13.0. The van der Waals surface area contributed by atoms with Crippen molar-refractivity contribution in [3.63, 3.8) is 0 Å². The van der Waals surface area contributed by atoms with E-state index < -0.39 is 0 Å². The molecule has 2 aliphatic rings. The standard InChI is InChI=1S/C18H22N4O3/c1-21(9-12-3-4-16-17(5-12)25-11-24-16)18(23)15-8-19-7-14(15)13-6-20-22(2)10-13/h3-6,10,14-15,19H,7-9,11H2,1-2H3/t14-,15+/m1/s1. The highest BCUT2D eigenvalue weighted by molar-refractivity contribution is 5.80. The van der Waals surface area contributed by atoms with Gasteiger partial charge in [0.25, 0.3) is 0 Å². The fraction of sp³-hybridized carbons (Fsp3) is 0.444. The summed E-state index contributed by atoms with van der Waals surface area (Å²) >= 11 is 0. The highest BCUT2D eigenvalue weighted by Gasteiger charge is 2.36.